The maximum Gasteiger partial charge on any atom is 0.408 e. The van der Waals surface area contributed by atoms with Gasteiger partial charge in [-0.1, -0.05) is 0 Å². The number of carbonyl (C=O) groups is 1. The molecule has 0 bridgehead atoms. The number of alkyl carbamates (subject to hydrolysis) is 1. The number of amides is 1. The maximum atomic E-state index is 12.3. The van der Waals surface area contributed by atoms with E-state index in [4.69, 9.17) is 21.1 Å². The molecule has 1 atom stereocenters. The number of hydrogen-bond acceptors (Lipinski definition) is 4. The van der Waals surface area contributed by atoms with Crippen molar-refractivity contribution in [2.75, 3.05) is 13.2 Å². The summed E-state index contributed by atoms with van der Waals surface area (Å²) in [6.07, 6.45) is 3.01. The van der Waals surface area contributed by atoms with Gasteiger partial charge < -0.3 is 14.8 Å². The van der Waals surface area contributed by atoms with E-state index < -0.39 is 11.7 Å². The van der Waals surface area contributed by atoms with Crippen molar-refractivity contribution in [3.63, 3.8) is 0 Å². The lowest BCUT2D eigenvalue weighted by Crippen LogP contribution is -2.40. The van der Waals surface area contributed by atoms with Crippen molar-refractivity contribution < 1.29 is 14.3 Å². The minimum absolute atomic E-state index is 0.238. The second-order valence-corrected chi connectivity index (χ2v) is 8.09. The molecule has 1 aliphatic heterocycles. The maximum absolute atomic E-state index is 12.3. The van der Waals surface area contributed by atoms with E-state index in [0.717, 1.165) is 28.6 Å². The number of halogens is 2. The molecule has 1 N–H and O–H groups in total. The van der Waals surface area contributed by atoms with Crippen molar-refractivity contribution in [2.24, 2.45) is 5.92 Å². The van der Waals surface area contributed by atoms with Crippen molar-refractivity contribution in [1.82, 2.24) is 10.3 Å². The molecular weight excluding hydrogens is 396 g/mol. The molecule has 7 heteroatoms. The Bertz CT molecular complexity index is 571. The van der Waals surface area contributed by atoms with E-state index in [9.17, 15) is 4.79 Å². The molecule has 1 aromatic heterocycles. The Morgan fingerprint density at radius 3 is 2.75 bits per heavy atom. The summed E-state index contributed by atoms with van der Waals surface area (Å²) in [7, 11) is 0. The Labute approximate surface area is 156 Å². The number of hydrogen-bond donors (Lipinski definition) is 1. The van der Waals surface area contributed by atoms with E-state index in [-0.39, 0.29) is 12.0 Å². The summed E-state index contributed by atoms with van der Waals surface area (Å²) in [4.78, 5) is 16.8. The zero-order valence-electron chi connectivity index (χ0n) is 14.3. The first-order valence-electron chi connectivity index (χ1n) is 8.07. The van der Waals surface area contributed by atoms with Crippen molar-refractivity contribution in [2.45, 2.75) is 51.1 Å². The molecule has 24 heavy (non-hydrogen) atoms. The lowest BCUT2D eigenvalue weighted by Gasteiger charge is -2.32. The van der Waals surface area contributed by atoms with E-state index in [1.165, 1.54) is 0 Å². The molecule has 0 radical (unpaired) electrons. The minimum Gasteiger partial charge on any atom is -0.444 e. The van der Waals surface area contributed by atoms with E-state index in [1.54, 1.807) is 6.20 Å². The van der Waals surface area contributed by atoms with Gasteiger partial charge in [-0.15, -0.1) is 11.6 Å². The molecule has 0 saturated carbocycles. The van der Waals surface area contributed by atoms with Crippen LogP contribution in [0.2, 0.25) is 0 Å². The Hall–Kier alpha value is -0.850. The van der Waals surface area contributed by atoms with Gasteiger partial charge in [-0.3, -0.25) is 4.98 Å². The number of nitrogens with zero attached hydrogens (tertiary/aromatic N) is 1. The Morgan fingerprint density at radius 2 is 2.17 bits per heavy atom. The monoisotopic (exact) mass is 418 g/mol. The molecule has 0 spiro atoms. The molecule has 1 amide bonds. The molecule has 1 aromatic rings. The first-order chi connectivity index (χ1) is 11.3. The number of rotatable bonds is 4. The topological polar surface area (TPSA) is 60.5 Å². The first-order valence-corrected chi connectivity index (χ1v) is 9.40. The predicted octanol–water partition coefficient (Wildman–Crippen LogP) is 4.58. The van der Waals surface area contributed by atoms with Crippen LogP contribution in [0.25, 0.3) is 0 Å². The SMILES string of the molecule is CC(C)(C)OC(=O)N[C@H](c1ncc(Br)cc1CCl)C1CCOCC1. The van der Waals surface area contributed by atoms with Gasteiger partial charge in [0.25, 0.3) is 0 Å². The Morgan fingerprint density at radius 1 is 1.50 bits per heavy atom. The molecule has 0 aromatic carbocycles. The van der Waals surface area contributed by atoms with Gasteiger partial charge in [0.15, 0.2) is 0 Å². The van der Waals surface area contributed by atoms with Gasteiger partial charge in [0.2, 0.25) is 0 Å². The second-order valence-electron chi connectivity index (χ2n) is 6.91. The third kappa shape index (κ3) is 5.60. The van der Waals surface area contributed by atoms with E-state index >= 15 is 0 Å². The standard InChI is InChI=1S/C17H24BrClN2O3/c1-17(2,3)24-16(22)21-15(11-4-6-23-7-5-11)14-12(9-19)8-13(18)10-20-14/h8,10-11,15H,4-7,9H2,1-3H3,(H,21,22)/t15-/m0/s1. The van der Waals surface area contributed by atoms with Crippen LogP contribution < -0.4 is 5.32 Å². The fourth-order valence-corrected chi connectivity index (χ4v) is 3.36. The number of pyridine rings is 1. The summed E-state index contributed by atoms with van der Waals surface area (Å²) in [5.74, 6) is 0.569. The fourth-order valence-electron chi connectivity index (χ4n) is 2.77. The van der Waals surface area contributed by atoms with Gasteiger partial charge in [-0.05, 0) is 67.1 Å². The van der Waals surface area contributed by atoms with Crippen molar-refractivity contribution in [1.29, 1.82) is 0 Å². The molecule has 0 unspecified atom stereocenters. The highest BCUT2D eigenvalue weighted by Crippen LogP contribution is 2.32. The first kappa shape index (κ1) is 19.5. The van der Waals surface area contributed by atoms with Crippen LogP contribution in [-0.2, 0) is 15.4 Å². The quantitative estimate of drug-likeness (QED) is 0.726. The zero-order valence-corrected chi connectivity index (χ0v) is 16.6. The summed E-state index contributed by atoms with van der Waals surface area (Å²) in [5, 5.41) is 3.00. The normalized spacial score (nSPS) is 17.4. The van der Waals surface area contributed by atoms with Crippen LogP contribution in [0.5, 0.6) is 0 Å². The van der Waals surface area contributed by atoms with E-state index in [0.29, 0.717) is 19.1 Å². The lowest BCUT2D eigenvalue weighted by molar-refractivity contribution is 0.0343. The number of alkyl halides is 1. The number of carbonyl (C=O) groups excluding carboxylic acids is 1. The number of ether oxygens (including phenoxy) is 2. The molecule has 1 aliphatic rings. The molecular formula is C17H24BrClN2O3. The average Bonchev–Trinajstić information content (AvgIpc) is 2.52. The minimum atomic E-state index is -0.549. The van der Waals surface area contributed by atoms with Gasteiger partial charge in [0.05, 0.1) is 11.7 Å². The smallest absolute Gasteiger partial charge is 0.408 e. The van der Waals surface area contributed by atoms with Gasteiger partial charge in [-0.2, -0.15) is 0 Å². The zero-order chi connectivity index (χ0) is 17.7. The van der Waals surface area contributed by atoms with Gasteiger partial charge in [0.1, 0.15) is 5.60 Å². The summed E-state index contributed by atoms with van der Waals surface area (Å²) >= 11 is 9.52. The van der Waals surface area contributed by atoms with Gasteiger partial charge >= 0.3 is 6.09 Å². The van der Waals surface area contributed by atoms with Crippen LogP contribution in [0.15, 0.2) is 16.7 Å². The van der Waals surface area contributed by atoms with Crippen LogP contribution in [0.3, 0.4) is 0 Å². The molecule has 134 valence electrons. The molecule has 1 fully saturated rings. The third-order valence-corrected chi connectivity index (χ3v) is 4.54. The van der Waals surface area contributed by atoms with Crippen molar-refractivity contribution in [3.05, 3.63) is 28.0 Å². The average molecular weight is 420 g/mol. The Balaban J connectivity index is 2.27. The van der Waals surface area contributed by atoms with Crippen molar-refractivity contribution in [3.8, 4) is 0 Å². The predicted molar refractivity (Wildman–Crippen MR) is 97.1 cm³/mol. The highest BCUT2D eigenvalue weighted by atomic mass is 79.9. The van der Waals surface area contributed by atoms with Crippen LogP contribution in [0.1, 0.15) is 50.9 Å². The highest BCUT2D eigenvalue weighted by Gasteiger charge is 2.31. The van der Waals surface area contributed by atoms with Crippen LogP contribution in [0, 0.1) is 5.92 Å². The van der Waals surface area contributed by atoms with Crippen LogP contribution in [0.4, 0.5) is 4.79 Å². The summed E-state index contributed by atoms with van der Waals surface area (Å²) in [6, 6.07) is 1.70. The van der Waals surface area contributed by atoms with E-state index in [1.807, 2.05) is 26.8 Å². The molecule has 0 aliphatic carbocycles. The van der Waals surface area contributed by atoms with Gasteiger partial charge in [0, 0.05) is 29.8 Å². The van der Waals surface area contributed by atoms with E-state index in [2.05, 4.69) is 26.2 Å². The third-order valence-electron chi connectivity index (χ3n) is 3.82. The Kier molecular flexibility index (Phi) is 6.89. The second kappa shape index (κ2) is 8.50. The number of nitrogens with one attached hydrogen (secondary N) is 1. The lowest BCUT2D eigenvalue weighted by atomic mass is 9.88. The fraction of sp³-hybridized carbons (Fsp3) is 0.647. The molecule has 2 rings (SSSR count). The molecule has 1 saturated heterocycles. The van der Waals surface area contributed by atoms with Crippen LogP contribution >= 0.6 is 27.5 Å². The summed E-state index contributed by atoms with van der Waals surface area (Å²) < 4.78 is 11.7. The summed E-state index contributed by atoms with van der Waals surface area (Å²) in [5.41, 5.74) is 1.15. The highest BCUT2D eigenvalue weighted by molar-refractivity contribution is 9.10. The van der Waals surface area contributed by atoms with Crippen LogP contribution in [-0.4, -0.2) is 29.9 Å². The largest absolute Gasteiger partial charge is 0.444 e. The molecule has 2 heterocycles. The number of aromatic nitrogens is 1. The molecule has 5 nitrogen and oxygen atoms in total. The van der Waals surface area contributed by atoms with Gasteiger partial charge in [-0.25, -0.2) is 4.79 Å². The summed E-state index contributed by atoms with van der Waals surface area (Å²) in [6.45, 7) is 6.90. The van der Waals surface area contributed by atoms with Crippen molar-refractivity contribution >= 4 is 33.6 Å².